The Bertz CT molecular complexity index is 337. The number of nitrogens with one attached hydrogen (secondary N) is 1. The highest BCUT2D eigenvalue weighted by Crippen LogP contribution is 2.08. The van der Waals surface area contributed by atoms with Crippen molar-refractivity contribution in [1.29, 1.82) is 0 Å². The van der Waals surface area contributed by atoms with Crippen molar-refractivity contribution in [1.82, 2.24) is 0 Å². The molecule has 1 fully saturated rings. The molecular formula is C14H22NO+. The number of likely N-dealkylation sites (tertiary alicyclic amines) is 1. The van der Waals surface area contributed by atoms with Crippen LogP contribution in [-0.4, -0.2) is 24.8 Å². The van der Waals surface area contributed by atoms with Crippen molar-refractivity contribution in [2.24, 2.45) is 5.92 Å². The standard InChI is InChI=1S/C14H21NO/c1-12-5-2-3-7-14(12)10-15-8-4-6-13(9-15)11-16/h2-3,5,7,13,16H,4,6,8-11H2,1H3/p+1/t13-/m1/s1. The van der Waals surface area contributed by atoms with Gasteiger partial charge in [0.15, 0.2) is 0 Å². The van der Waals surface area contributed by atoms with E-state index in [2.05, 4.69) is 31.2 Å². The van der Waals surface area contributed by atoms with Gasteiger partial charge in [0.25, 0.3) is 0 Å². The first-order chi connectivity index (χ1) is 7.79. The van der Waals surface area contributed by atoms with Crippen molar-refractivity contribution in [3.8, 4) is 0 Å². The van der Waals surface area contributed by atoms with E-state index in [-0.39, 0.29) is 0 Å². The van der Waals surface area contributed by atoms with Gasteiger partial charge in [0, 0.05) is 11.5 Å². The highest BCUT2D eigenvalue weighted by molar-refractivity contribution is 5.24. The molecule has 1 aliphatic heterocycles. The van der Waals surface area contributed by atoms with Crippen molar-refractivity contribution in [3.63, 3.8) is 0 Å². The Hall–Kier alpha value is -0.860. The van der Waals surface area contributed by atoms with Crippen LogP contribution in [0, 0.1) is 12.8 Å². The molecule has 2 atom stereocenters. The molecule has 0 aliphatic carbocycles. The maximum Gasteiger partial charge on any atom is 0.103 e. The number of piperidine rings is 1. The van der Waals surface area contributed by atoms with Crippen LogP contribution in [0.3, 0.4) is 0 Å². The van der Waals surface area contributed by atoms with E-state index >= 15 is 0 Å². The zero-order valence-electron chi connectivity index (χ0n) is 10.1. The van der Waals surface area contributed by atoms with Gasteiger partial charge in [-0.2, -0.15) is 0 Å². The predicted octanol–water partition coefficient (Wildman–Crippen LogP) is 0.782. The topological polar surface area (TPSA) is 24.7 Å². The Balaban J connectivity index is 1.97. The van der Waals surface area contributed by atoms with E-state index in [9.17, 15) is 5.11 Å². The molecule has 1 saturated heterocycles. The van der Waals surface area contributed by atoms with Gasteiger partial charge in [0.1, 0.15) is 6.54 Å². The smallest absolute Gasteiger partial charge is 0.103 e. The first kappa shape index (κ1) is 11.6. The molecule has 2 N–H and O–H groups in total. The summed E-state index contributed by atoms with van der Waals surface area (Å²) in [5.74, 6) is 0.521. The van der Waals surface area contributed by atoms with Crippen LogP contribution in [0.25, 0.3) is 0 Å². The molecule has 2 nitrogen and oxygen atoms in total. The summed E-state index contributed by atoms with van der Waals surface area (Å²) in [6, 6.07) is 8.63. The number of aryl methyl sites for hydroxylation is 1. The third-order valence-electron chi connectivity index (χ3n) is 3.68. The van der Waals surface area contributed by atoms with Gasteiger partial charge in [0.2, 0.25) is 0 Å². The van der Waals surface area contributed by atoms with Gasteiger partial charge >= 0.3 is 0 Å². The lowest BCUT2D eigenvalue weighted by Crippen LogP contribution is -3.12. The third-order valence-corrected chi connectivity index (χ3v) is 3.68. The Labute approximate surface area is 97.9 Å². The molecule has 0 amide bonds. The van der Waals surface area contributed by atoms with E-state index in [4.69, 9.17) is 0 Å². The number of hydrogen-bond acceptors (Lipinski definition) is 1. The molecule has 88 valence electrons. The number of quaternary nitrogens is 1. The van der Waals surface area contributed by atoms with Gasteiger partial charge in [-0.05, 0) is 25.3 Å². The summed E-state index contributed by atoms with van der Waals surface area (Å²) in [4.78, 5) is 1.62. The minimum absolute atomic E-state index is 0.358. The van der Waals surface area contributed by atoms with Crippen molar-refractivity contribution in [2.45, 2.75) is 26.3 Å². The van der Waals surface area contributed by atoms with E-state index in [1.807, 2.05) is 0 Å². The second kappa shape index (κ2) is 5.46. The van der Waals surface area contributed by atoms with E-state index in [1.54, 1.807) is 4.90 Å². The van der Waals surface area contributed by atoms with Crippen LogP contribution in [0.1, 0.15) is 24.0 Å². The quantitative estimate of drug-likeness (QED) is 0.773. The molecule has 1 unspecified atom stereocenters. The maximum atomic E-state index is 9.22. The first-order valence-corrected chi connectivity index (χ1v) is 6.28. The second-order valence-corrected chi connectivity index (χ2v) is 5.00. The predicted molar refractivity (Wildman–Crippen MR) is 65.4 cm³/mol. The summed E-state index contributed by atoms with van der Waals surface area (Å²) in [6.07, 6.45) is 2.46. The molecule has 2 heteroatoms. The molecule has 1 aliphatic rings. The van der Waals surface area contributed by atoms with Crippen molar-refractivity contribution in [2.75, 3.05) is 19.7 Å². The van der Waals surface area contributed by atoms with Gasteiger partial charge in [0.05, 0.1) is 19.7 Å². The van der Waals surface area contributed by atoms with Crippen LogP contribution in [0.5, 0.6) is 0 Å². The summed E-state index contributed by atoms with van der Waals surface area (Å²) in [5, 5.41) is 9.22. The average molecular weight is 220 g/mol. The van der Waals surface area contributed by atoms with E-state index in [1.165, 1.54) is 30.5 Å². The van der Waals surface area contributed by atoms with Gasteiger partial charge < -0.3 is 10.0 Å². The molecule has 1 aromatic rings. The molecule has 0 radical (unpaired) electrons. The summed E-state index contributed by atoms with van der Waals surface area (Å²) >= 11 is 0. The third kappa shape index (κ3) is 2.83. The zero-order chi connectivity index (χ0) is 11.4. The van der Waals surface area contributed by atoms with Crippen LogP contribution >= 0.6 is 0 Å². The number of hydrogen-bond donors (Lipinski definition) is 2. The molecule has 0 spiro atoms. The monoisotopic (exact) mass is 220 g/mol. The lowest BCUT2D eigenvalue weighted by atomic mass is 9.98. The highest BCUT2D eigenvalue weighted by atomic mass is 16.3. The van der Waals surface area contributed by atoms with Gasteiger partial charge in [-0.25, -0.2) is 0 Å². The van der Waals surface area contributed by atoms with Crippen LogP contribution in [-0.2, 0) is 6.54 Å². The SMILES string of the molecule is Cc1ccccc1C[NH+]1CCC[C@@H](CO)C1. The maximum absolute atomic E-state index is 9.22. The van der Waals surface area contributed by atoms with E-state index < -0.39 is 0 Å². The molecule has 0 bridgehead atoms. The molecule has 2 rings (SSSR count). The van der Waals surface area contributed by atoms with Gasteiger partial charge in [-0.1, -0.05) is 24.3 Å². The minimum Gasteiger partial charge on any atom is -0.396 e. The summed E-state index contributed by atoms with van der Waals surface area (Å²) in [6.45, 7) is 6.04. The van der Waals surface area contributed by atoms with E-state index in [0.717, 1.165) is 13.1 Å². The van der Waals surface area contributed by atoms with E-state index in [0.29, 0.717) is 12.5 Å². The Kier molecular flexibility index (Phi) is 3.97. The van der Waals surface area contributed by atoms with Crippen molar-refractivity contribution >= 4 is 0 Å². The lowest BCUT2D eigenvalue weighted by Gasteiger charge is -2.29. The zero-order valence-corrected chi connectivity index (χ0v) is 10.1. The van der Waals surface area contributed by atoms with Gasteiger partial charge in [-0.15, -0.1) is 0 Å². The fourth-order valence-electron chi connectivity index (χ4n) is 2.65. The number of aliphatic hydroxyl groups excluding tert-OH is 1. The lowest BCUT2D eigenvalue weighted by molar-refractivity contribution is -0.922. The molecule has 1 heterocycles. The van der Waals surface area contributed by atoms with Crippen LogP contribution < -0.4 is 4.90 Å². The van der Waals surface area contributed by atoms with Crippen LogP contribution in [0.15, 0.2) is 24.3 Å². The normalized spacial score (nSPS) is 25.6. The number of rotatable bonds is 3. The molecule has 0 aromatic heterocycles. The molecule has 16 heavy (non-hydrogen) atoms. The summed E-state index contributed by atoms with van der Waals surface area (Å²) < 4.78 is 0. The van der Waals surface area contributed by atoms with Crippen molar-refractivity contribution in [3.05, 3.63) is 35.4 Å². The van der Waals surface area contributed by atoms with Crippen molar-refractivity contribution < 1.29 is 10.0 Å². The summed E-state index contributed by atoms with van der Waals surface area (Å²) in [7, 11) is 0. The van der Waals surface area contributed by atoms with Crippen LogP contribution in [0.4, 0.5) is 0 Å². The number of aliphatic hydroxyl groups is 1. The Morgan fingerprint density at radius 2 is 2.19 bits per heavy atom. The van der Waals surface area contributed by atoms with Crippen LogP contribution in [0.2, 0.25) is 0 Å². The first-order valence-electron chi connectivity index (χ1n) is 6.28. The van der Waals surface area contributed by atoms with Gasteiger partial charge in [-0.3, -0.25) is 0 Å². The average Bonchev–Trinajstić information content (AvgIpc) is 2.32. The fourth-order valence-corrected chi connectivity index (χ4v) is 2.65. The molecule has 0 saturated carbocycles. The Morgan fingerprint density at radius 3 is 2.94 bits per heavy atom. The highest BCUT2D eigenvalue weighted by Gasteiger charge is 2.22. The molecule has 1 aromatic carbocycles. The second-order valence-electron chi connectivity index (χ2n) is 5.00. The summed E-state index contributed by atoms with van der Waals surface area (Å²) in [5.41, 5.74) is 2.84. The fraction of sp³-hybridized carbons (Fsp3) is 0.571. The largest absolute Gasteiger partial charge is 0.396 e. The minimum atomic E-state index is 0.358. The molecular weight excluding hydrogens is 198 g/mol. The number of benzene rings is 1. The Morgan fingerprint density at radius 1 is 1.38 bits per heavy atom.